The molecule has 6 rings (SSSR count). The molecule has 3 aromatic rings. The van der Waals surface area contributed by atoms with Crippen molar-refractivity contribution in [2.45, 2.75) is 82.7 Å². The van der Waals surface area contributed by atoms with E-state index in [0.29, 0.717) is 15.8 Å². The summed E-state index contributed by atoms with van der Waals surface area (Å²) < 4.78 is 102. The molecule has 2 aliphatic carbocycles. The third kappa shape index (κ3) is 7.19. The van der Waals surface area contributed by atoms with Crippen LogP contribution in [0.1, 0.15) is 82.4 Å². The second-order valence-electron chi connectivity index (χ2n) is 14.7. The lowest BCUT2D eigenvalue weighted by atomic mass is 9.61. The van der Waals surface area contributed by atoms with E-state index in [-0.39, 0.29) is 42.0 Å². The average molecular weight is 811 g/mol. The Hall–Kier alpha value is -5.45. The first-order valence-electron chi connectivity index (χ1n) is 17.0. The van der Waals surface area contributed by atoms with Crippen LogP contribution in [-0.2, 0) is 9.53 Å². The van der Waals surface area contributed by atoms with E-state index >= 15 is 4.79 Å². The Balaban J connectivity index is 1.41. The summed E-state index contributed by atoms with van der Waals surface area (Å²) >= 11 is 6.41. The molecule has 1 unspecified atom stereocenters. The Labute approximate surface area is 319 Å². The first-order chi connectivity index (χ1) is 26.2. The van der Waals surface area contributed by atoms with Gasteiger partial charge in [-0.3, -0.25) is 15.1 Å². The smallest absolute Gasteiger partial charge is 0.411 e. The minimum atomic E-state index is -4.78. The predicted molar refractivity (Wildman–Crippen MR) is 184 cm³/mol. The lowest BCUT2D eigenvalue weighted by Crippen LogP contribution is -2.60. The lowest BCUT2D eigenvalue weighted by molar-refractivity contribution is -0.164. The Morgan fingerprint density at radius 2 is 1.91 bits per heavy atom. The maximum atomic E-state index is 15.1. The van der Waals surface area contributed by atoms with Gasteiger partial charge in [-0.25, -0.2) is 27.9 Å². The van der Waals surface area contributed by atoms with Gasteiger partial charge in [-0.05, 0) is 62.8 Å². The van der Waals surface area contributed by atoms with E-state index in [1.165, 1.54) is 24.4 Å². The summed E-state index contributed by atoms with van der Waals surface area (Å²) in [5.74, 6) is -2.12. The van der Waals surface area contributed by atoms with Crippen molar-refractivity contribution in [1.29, 1.82) is 10.7 Å². The molecule has 1 saturated carbocycles. The number of guanidine groups is 1. The molecule has 1 saturated heterocycles. The number of nitrogens with zero attached hydrogens (tertiary/aromatic N) is 7. The topological polar surface area (TPSA) is 167 Å². The molecule has 0 bridgehead atoms. The van der Waals surface area contributed by atoms with Crippen molar-refractivity contribution < 1.29 is 45.1 Å². The monoisotopic (exact) mass is 810 g/mol. The van der Waals surface area contributed by atoms with Crippen molar-refractivity contribution in [3.05, 3.63) is 77.1 Å². The molecule has 56 heavy (non-hydrogen) atoms. The summed E-state index contributed by atoms with van der Waals surface area (Å²) in [5, 5.41) is 31.5. The highest BCUT2D eigenvalue weighted by molar-refractivity contribution is 6.32. The van der Waals surface area contributed by atoms with Crippen LogP contribution in [0, 0.1) is 27.6 Å². The number of hydrogen-bond acceptors (Lipinski definition) is 8. The second-order valence-corrected chi connectivity index (χ2v) is 15.1. The molecule has 13 nitrogen and oxygen atoms in total. The number of amides is 2. The van der Waals surface area contributed by atoms with Crippen LogP contribution < -0.4 is 10.6 Å². The predicted octanol–water partition coefficient (Wildman–Crippen LogP) is 7.41. The molecule has 1 aliphatic heterocycles. The third-order valence-electron chi connectivity index (χ3n) is 10.3. The SMILES string of the molecule is CC(C)(C#N)C[C@]1(C2(C)C=CC(c3cnn(C(F)F)c3)=CC2)NC(=N)N([C@H](COC(=O)NC2(C(F)(F)F)CC2)c2ccc(Cl)c(-n3ncnc3C(F)F)c2)C1=O. The number of carbonyl (C=O) groups is 2. The van der Waals surface area contributed by atoms with Crippen LogP contribution in [0.2, 0.25) is 5.02 Å². The fourth-order valence-corrected chi connectivity index (χ4v) is 7.18. The minimum Gasteiger partial charge on any atom is -0.447 e. The third-order valence-corrected chi connectivity index (χ3v) is 10.6. The van der Waals surface area contributed by atoms with Crippen LogP contribution in [0.25, 0.3) is 11.3 Å². The number of alkyl carbamates (subject to hydrolysis) is 1. The Bertz CT molecular complexity index is 2160. The summed E-state index contributed by atoms with van der Waals surface area (Å²) in [4.78, 5) is 32.5. The van der Waals surface area contributed by atoms with E-state index in [1.807, 2.05) is 5.32 Å². The summed E-state index contributed by atoms with van der Waals surface area (Å²) in [6.07, 6.45) is -2.01. The number of alkyl halides is 7. The van der Waals surface area contributed by atoms with E-state index in [1.54, 1.807) is 39.0 Å². The number of halogens is 8. The van der Waals surface area contributed by atoms with Crippen LogP contribution in [0.15, 0.2) is 55.1 Å². The summed E-state index contributed by atoms with van der Waals surface area (Å²) in [7, 11) is 0. The van der Waals surface area contributed by atoms with Crippen LogP contribution >= 0.6 is 11.6 Å². The van der Waals surface area contributed by atoms with Crippen LogP contribution in [-0.4, -0.2) is 71.3 Å². The average Bonchev–Trinajstić information content (AvgIpc) is 3.43. The Morgan fingerprint density at radius 3 is 2.48 bits per heavy atom. The fraction of sp³-hybridized carbons (Fsp3) is 0.457. The van der Waals surface area contributed by atoms with Gasteiger partial charge in [0.2, 0.25) is 0 Å². The van der Waals surface area contributed by atoms with Gasteiger partial charge < -0.3 is 15.4 Å². The van der Waals surface area contributed by atoms with E-state index < -0.39 is 77.5 Å². The van der Waals surface area contributed by atoms with Gasteiger partial charge in [-0.2, -0.15) is 37.4 Å². The van der Waals surface area contributed by atoms with E-state index in [0.717, 1.165) is 22.1 Å². The molecular weight excluding hydrogens is 777 g/mol. The maximum Gasteiger partial charge on any atom is 0.411 e. The van der Waals surface area contributed by atoms with E-state index in [9.17, 15) is 40.8 Å². The van der Waals surface area contributed by atoms with E-state index in [4.69, 9.17) is 21.7 Å². The molecule has 0 spiro atoms. The zero-order valence-electron chi connectivity index (χ0n) is 29.8. The van der Waals surface area contributed by atoms with Crippen LogP contribution in [0.4, 0.5) is 35.5 Å². The van der Waals surface area contributed by atoms with Gasteiger partial charge in [0.15, 0.2) is 11.8 Å². The van der Waals surface area contributed by atoms with Gasteiger partial charge in [0.25, 0.3) is 12.3 Å². The number of allylic oxidation sites excluding steroid dienone is 3. The van der Waals surface area contributed by atoms with Gasteiger partial charge >= 0.3 is 18.8 Å². The van der Waals surface area contributed by atoms with Gasteiger partial charge in [-0.1, -0.05) is 42.8 Å². The zero-order valence-corrected chi connectivity index (χ0v) is 30.6. The number of rotatable bonds is 12. The van der Waals surface area contributed by atoms with E-state index in [2.05, 4.69) is 26.6 Å². The van der Waals surface area contributed by atoms with Gasteiger partial charge in [-0.15, -0.1) is 0 Å². The molecule has 3 heterocycles. The number of benzene rings is 1. The molecule has 3 aliphatic rings. The van der Waals surface area contributed by atoms with Crippen molar-refractivity contribution in [3.8, 4) is 11.8 Å². The quantitative estimate of drug-likeness (QED) is 0.159. The Kier molecular flexibility index (Phi) is 10.2. The van der Waals surface area contributed by atoms with Crippen molar-refractivity contribution >= 4 is 35.1 Å². The fourth-order valence-electron chi connectivity index (χ4n) is 6.98. The normalized spacial score (nSPS) is 22.6. The number of nitrogens with one attached hydrogen (secondary N) is 3. The molecule has 0 radical (unpaired) electrons. The maximum absolute atomic E-state index is 15.1. The molecule has 2 fully saturated rings. The molecule has 21 heteroatoms. The van der Waals surface area contributed by atoms with Gasteiger partial charge in [0, 0.05) is 17.2 Å². The van der Waals surface area contributed by atoms with Crippen molar-refractivity contribution in [1.82, 2.24) is 40.1 Å². The van der Waals surface area contributed by atoms with Crippen molar-refractivity contribution in [2.75, 3.05) is 6.61 Å². The van der Waals surface area contributed by atoms with Crippen molar-refractivity contribution in [3.63, 3.8) is 0 Å². The van der Waals surface area contributed by atoms with Crippen molar-refractivity contribution in [2.24, 2.45) is 10.8 Å². The van der Waals surface area contributed by atoms with Gasteiger partial charge in [0.1, 0.15) is 24.0 Å². The highest BCUT2D eigenvalue weighted by atomic mass is 35.5. The Morgan fingerprint density at radius 1 is 1.20 bits per heavy atom. The number of ether oxygens (including phenoxy) is 1. The largest absolute Gasteiger partial charge is 0.447 e. The molecule has 2 aromatic heterocycles. The molecular formula is C35H34ClF7N10O3. The molecule has 3 atom stereocenters. The standard InChI is InChI=1S/C35H34ClF7N10O3/c1-31(2,17-44)16-34(32(3)8-6-19(7-9-32)21-13-47-51(14-21)28(39)40)27(54)52(29(45)49-34)24(15-56-30(55)50-33(10-11-33)35(41,42)43)20-4-5-22(36)23(12-20)53-26(25(37)38)46-18-48-53/h4-8,12-14,18,24-25,28H,9-11,15-16H2,1-3H3,(H2,45,49)(H,50,55)/t24-,32?,34+/m1/s1. The zero-order chi connectivity index (χ0) is 41.0. The number of nitriles is 1. The molecule has 1 aromatic carbocycles. The number of carbonyl (C=O) groups excluding carboxylic acids is 2. The summed E-state index contributed by atoms with van der Waals surface area (Å²) in [5.41, 5.74) is -5.94. The molecule has 2 amide bonds. The first-order valence-corrected chi connectivity index (χ1v) is 17.4. The van der Waals surface area contributed by atoms with Gasteiger partial charge in [0.05, 0.1) is 34.4 Å². The van der Waals surface area contributed by atoms with Crippen LogP contribution in [0.3, 0.4) is 0 Å². The van der Waals surface area contributed by atoms with Crippen LogP contribution in [0.5, 0.6) is 0 Å². The highest BCUT2D eigenvalue weighted by Crippen LogP contribution is 2.51. The lowest BCUT2D eigenvalue weighted by Gasteiger charge is -2.46. The molecule has 298 valence electrons. The highest BCUT2D eigenvalue weighted by Gasteiger charge is 2.65. The summed E-state index contributed by atoms with van der Waals surface area (Å²) in [6.45, 7) is 1.14. The summed E-state index contributed by atoms with van der Waals surface area (Å²) in [6, 6.07) is 4.55. The number of aromatic nitrogens is 5. The minimum absolute atomic E-state index is 0.0441. The second kappa shape index (κ2) is 14.2. The first kappa shape index (κ1) is 40.2. The number of hydrogen-bond donors (Lipinski definition) is 3. The molecule has 3 N–H and O–H groups in total.